The Morgan fingerprint density at radius 3 is 2.46 bits per heavy atom. The Labute approximate surface area is 81.3 Å². The minimum absolute atomic E-state index is 0.625. The Kier molecular flexibility index (Phi) is 1.90. The summed E-state index contributed by atoms with van der Waals surface area (Å²) in [7, 11) is 0. The van der Waals surface area contributed by atoms with Gasteiger partial charge in [-0.15, -0.1) is 0 Å². The van der Waals surface area contributed by atoms with Gasteiger partial charge in [0.25, 0.3) is 0 Å². The summed E-state index contributed by atoms with van der Waals surface area (Å²) in [5, 5.41) is 3.97. The fourth-order valence-electron chi connectivity index (χ4n) is 4.00. The van der Waals surface area contributed by atoms with E-state index in [0.29, 0.717) is 5.54 Å². The standard InChI is InChI=1S/C12H21N/c1-2-6-11-10(5-1)9-12(13-11)7-3-4-8-12/h10-11,13H,1-9H2/t10-,11-/m0/s1. The summed E-state index contributed by atoms with van der Waals surface area (Å²) >= 11 is 0. The van der Waals surface area contributed by atoms with Crippen LogP contribution in [0.2, 0.25) is 0 Å². The van der Waals surface area contributed by atoms with Gasteiger partial charge in [-0.25, -0.2) is 0 Å². The first-order valence-corrected chi connectivity index (χ1v) is 6.16. The molecular weight excluding hydrogens is 158 g/mol. The second kappa shape index (κ2) is 2.98. The molecule has 0 bridgehead atoms. The van der Waals surface area contributed by atoms with E-state index >= 15 is 0 Å². The number of rotatable bonds is 0. The maximum Gasteiger partial charge on any atom is 0.0187 e. The van der Waals surface area contributed by atoms with Crippen LogP contribution in [-0.4, -0.2) is 11.6 Å². The zero-order valence-corrected chi connectivity index (χ0v) is 8.52. The third kappa shape index (κ3) is 1.32. The van der Waals surface area contributed by atoms with Crippen molar-refractivity contribution in [2.75, 3.05) is 0 Å². The molecule has 1 spiro atoms. The minimum atomic E-state index is 0.625. The van der Waals surface area contributed by atoms with E-state index in [2.05, 4.69) is 5.32 Å². The van der Waals surface area contributed by atoms with Gasteiger partial charge in [-0.1, -0.05) is 25.7 Å². The summed E-state index contributed by atoms with van der Waals surface area (Å²) in [6.45, 7) is 0. The van der Waals surface area contributed by atoms with Crippen LogP contribution >= 0.6 is 0 Å². The second-order valence-electron chi connectivity index (χ2n) is 5.49. The highest BCUT2D eigenvalue weighted by atomic mass is 15.1. The lowest BCUT2D eigenvalue weighted by molar-refractivity contribution is 0.324. The predicted octanol–water partition coefficient (Wildman–Crippen LogP) is 2.85. The highest BCUT2D eigenvalue weighted by Crippen LogP contribution is 2.45. The number of nitrogens with one attached hydrogen (secondary N) is 1. The molecule has 1 heterocycles. The molecule has 1 heteroatoms. The lowest BCUT2D eigenvalue weighted by Crippen LogP contribution is -2.41. The van der Waals surface area contributed by atoms with E-state index < -0.39 is 0 Å². The molecule has 2 atom stereocenters. The Hall–Kier alpha value is -0.0400. The van der Waals surface area contributed by atoms with Crippen molar-refractivity contribution in [1.82, 2.24) is 5.32 Å². The highest BCUT2D eigenvalue weighted by Gasteiger charge is 2.46. The monoisotopic (exact) mass is 179 g/mol. The summed E-state index contributed by atoms with van der Waals surface area (Å²) in [5.41, 5.74) is 0.625. The third-order valence-corrected chi connectivity index (χ3v) is 4.61. The van der Waals surface area contributed by atoms with Gasteiger partial charge in [0.1, 0.15) is 0 Å². The van der Waals surface area contributed by atoms with Crippen molar-refractivity contribution in [2.24, 2.45) is 5.92 Å². The number of hydrogen-bond donors (Lipinski definition) is 1. The molecule has 3 aliphatic rings. The van der Waals surface area contributed by atoms with Gasteiger partial charge in [-0.3, -0.25) is 0 Å². The van der Waals surface area contributed by atoms with E-state index in [-0.39, 0.29) is 0 Å². The maximum atomic E-state index is 3.97. The molecule has 2 saturated carbocycles. The molecule has 3 fully saturated rings. The molecule has 1 N–H and O–H groups in total. The molecule has 0 aromatic carbocycles. The van der Waals surface area contributed by atoms with Gasteiger partial charge in [0, 0.05) is 11.6 Å². The van der Waals surface area contributed by atoms with Gasteiger partial charge in [0.2, 0.25) is 0 Å². The average Bonchev–Trinajstić information content (AvgIpc) is 2.72. The van der Waals surface area contributed by atoms with Gasteiger partial charge in [0.05, 0.1) is 0 Å². The minimum Gasteiger partial charge on any atom is -0.308 e. The van der Waals surface area contributed by atoms with E-state index in [1.54, 1.807) is 0 Å². The van der Waals surface area contributed by atoms with Crippen LogP contribution in [0.4, 0.5) is 0 Å². The van der Waals surface area contributed by atoms with Crippen LogP contribution in [0.25, 0.3) is 0 Å². The van der Waals surface area contributed by atoms with Crippen LogP contribution in [-0.2, 0) is 0 Å². The van der Waals surface area contributed by atoms with Crippen molar-refractivity contribution < 1.29 is 0 Å². The summed E-state index contributed by atoms with van der Waals surface area (Å²) in [4.78, 5) is 0. The van der Waals surface area contributed by atoms with E-state index in [1.807, 2.05) is 0 Å². The molecule has 0 aromatic heterocycles. The average molecular weight is 179 g/mol. The topological polar surface area (TPSA) is 12.0 Å². The smallest absolute Gasteiger partial charge is 0.0187 e. The molecule has 13 heavy (non-hydrogen) atoms. The quantitative estimate of drug-likeness (QED) is 0.603. The largest absolute Gasteiger partial charge is 0.308 e. The number of fused-ring (bicyclic) bond motifs is 1. The van der Waals surface area contributed by atoms with Crippen molar-refractivity contribution in [2.45, 2.75) is 69.4 Å². The van der Waals surface area contributed by atoms with Gasteiger partial charge >= 0.3 is 0 Å². The Bertz CT molecular complexity index is 177. The summed E-state index contributed by atoms with van der Waals surface area (Å²) in [5.74, 6) is 1.05. The molecule has 0 unspecified atom stereocenters. The van der Waals surface area contributed by atoms with E-state index in [4.69, 9.17) is 0 Å². The van der Waals surface area contributed by atoms with Gasteiger partial charge in [0.15, 0.2) is 0 Å². The van der Waals surface area contributed by atoms with Crippen LogP contribution in [0.1, 0.15) is 57.8 Å². The first-order valence-electron chi connectivity index (χ1n) is 6.16. The van der Waals surface area contributed by atoms with Gasteiger partial charge in [-0.05, 0) is 38.0 Å². The fourth-order valence-corrected chi connectivity index (χ4v) is 4.00. The molecule has 74 valence electrons. The summed E-state index contributed by atoms with van der Waals surface area (Å²) in [6.07, 6.45) is 13.4. The van der Waals surface area contributed by atoms with Crippen molar-refractivity contribution >= 4 is 0 Å². The van der Waals surface area contributed by atoms with Crippen molar-refractivity contribution in [3.05, 3.63) is 0 Å². The Morgan fingerprint density at radius 1 is 0.923 bits per heavy atom. The van der Waals surface area contributed by atoms with Crippen molar-refractivity contribution in [3.8, 4) is 0 Å². The SMILES string of the molecule is C1CC[C@@H]2NC3(CCCC3)C[C@@H]2C1. The lowest BCUT2D eigenvalue weighted by atomic mass is 9.82. The van der Waals surface area contributed by atoms with Crippen LogP contribution in [0.5, 0.6) is 0 Å². The first kappa shape index (κ1) is 8.28. The molecule has 0 amide bonds. The molecular formula is C12H21N. The summed E-state index contributed by atoms with van der Waals surface area (Å²) < 4.78 is 0. The molecule has 0 aromatic rings. The van der Waals surface area contributed by atoms with E-state index in [0.717, 1.165) is 12.0 Å². The maximum absolute atomic E-state index is 3.97. The normalized spacial score (nSPS) is 42.5. The van der Waals surface area contributed by atoms with Crippen LogP contribution in [0.3, 0.4) is 0 Å². The molecule has 2 aliphatic carbocycles. The molecule has 1 aliphatic heterocycles. The lowest BCUT2D eigenvalue weighted by Gasteiger charge is -2.25. The summed E-state index contributed by atoms with van der Waals surface area (Å²) in [6, 6.07) is 0.909. The van der Waals surface area contributed by atoms with Crippen LogP contribution in [0, 0.1) is 5.92 Å². The second-order valence-corrected chi connectivity index (χ2v) is 5.49. The number of hydrogen-bond acceptors (Lipinski definition) is 1. The Morgan fingerprint density at radius 2 is 1.69 bits per heavy atom. The van der Waals surface area contributed by atoms with Crippen LogP contribution in [0.15, 0.2) is 0 Å². The molecule has 1 saturated heterocycles. The molecule has 1 nitrogen and oxygen atoms in total. The first-order chi connectivity index (χ1) is 6.38. The van der Waals surface area contributed by atoms with E-state index in [1.165, 1.54) is 57.8 Å². The molecule has 3 rings (SSSR count). The predicted molar refractivity (Wildman–Crippen MR) is 54.7 cm³/mol. The third-order valence-electron chi connectivity index (χ3n) is 4.61. The van der Waals surface area contributed by atoms with Crippen molar-refractivity contribution in [1.29, 1.82) is 0 Å². The zero-order valence-electron chi connectivity index (χ0n) is 8.52. The fraction of sp³-hybridized carbons (Fsp3) is 1.00. The van der Waals surface area contributed by atoms with Gasteiger partial charge in [-0.2, -0.15) is 0 Å². The highest BCUT2D eigenvalue weighted by molar-refractivity contribution is 5.05. The Balaban J connectivity index is 1.74. The zero-order chi connectivity index (χ0) is 8.73. The molecule has 0 radical (unpaired) electrons. The van der Waals surface area contributed by atoms with E-state index in [9.17, 15) is 0 Å². The van der Waals surface area contributed by atoms with Crippen molar-refractivity contribution in [3.63, 3.8) is 0 Å². The van der Waals surface area contributed by atoms with Crippen LogP contribution < -0.4 is 5.32 Å². The van der Waals surface area contributed by atoms with Gasteiger partial charge < -0.3 is 5.32 Å².